The summed E-state index contributed by atoms with van der Waals surface area (Å²) in [7, 11) is 0. The number of nitriles is 1. The number of ether oxygens (including phenoxy) is 1. The van der Waals surface area contributed by atoms with Crippen molar-refractivity contribution in [3.8, 4) is 6.07 Å². The summed E-state index contributed by atoms with van der Waals surface area (Å²) in [6.45, 7) is 9.73. The van der Waals surface area contributed by atoms with Gasteiger partial charge in [-0.25, -0.2) is 0 Å². The average molecular weight is 272 g/mol. The second-order valence-corrected chi connectivity index (χ2v) is 6.73. The lowest BCUT2D eigenvalue weighted by Crippen LogP contribution is -2.46. The van der Waals surface area contributed by atoms with E-state index in [9.17, 15) is 0 Å². The van der Waals surface area contributed by atoms with E-state index in [1.54, 1.807) is 0 Å². The summed E-state index contributed by atoms with van der Waals surface area (Å²) in [6.07, 6.45) is 0.953. The molecule has 0 N–H and O–H groups in total. The van der Waals surface area contributed by atoms with E-state index in [4.69, 9.17) is 10.00 Å². The molecule has 0 amide bonds. The Labute approximate surface area is 122 Å². The fourth-order valence-electron chi connectivity index (χ4n) is 3.29. The van der Waals surface area contributed by atoms with Crippen molar-refractivity contribution in [3.63, 3.8) is 0 Å². The molecule has 0 aromatic heterocycles. The first-order chi connectivity index (χ1) is 9.34. The molecule has 108 valence electrons. The van der Waals surface area contributed by atoms with Crippen molar-refractivity contribution in [2.24, 2.45) is 0 Å². The molecule has 0 unspecified atom stereocenters. The fraction of sp³-hybridized carbons (Fsp3) is 0.588. The van der Waals surface area contributed by atoms with E-state index in [2.05, 4.69) is 50.8 Å². The van der Waals surface area contributed by atoms with Gasteiger partial charge in [-0.2, -0.15) is 5.26 Å². The van der Waals surface area contributed by atoms with Crippen LogP contribution in [0.4, 0.5) is 0 Å². The highest BCUT2D eigenvalue weighted by Crippen LogP contribution is 2.40. The lowest BCUT2D eigenvalue weighted by molar-refractivity contribution is -0.0802. The van der Waals surface area contributed by atoms with Gasteiger partial charge < -0.3 is 4.74 Å². The second-order valence-electron chi connectivity index (χ2n) is 6.73. The molecular weight excluding hydrogens is 248 g/mol. The summed E-state index contributed by atoms with van der Waals surface area (Å²) in [5.41, 5.74) is 0.886. The molecule has 0 aliphatic carbocycles. The van der Waals surface area contributed by atoms with E-state index in [-0.39, 0.29) is 17.2 Å². The van der Waals surface area contributed by atoms with Crippen molar-refractivity contribution in [1.29, 1.82) is 5.26 Å². The molecule has 1 aliphatic heterocycles. The van der Waals surface area contributed by atoms with Crippen LogP contribution < -0.4 is 0 Å². The minimum absolute atomic E-state index is 0.126. The van der Waals surface area contributed by atoms with E-state index < -0.39 is 0 Å². The van der Waals surface area contributed by atoms with Crippen LogP contribution in [-0.4, -0.2) is 28.7 Å². The van der Waals surface area contributed by atoms with E-state index in [0.29, 0.717) is 6.54 Å². The molecule has 0 spiro atoms. The van der Waals surface area contributed by atoms with E-state index in [1.165, 1.54) is 5.56 Å². The molecule has 0 bridgehead atoms. The number of benzene rings is 1. The summed E-state index contributed by atoms with van der Waals surface area (Å²) in [5, 5.41) is 9.14. The van der Waals surface area contributed by atoms with Gasteiger partial charge in [-0.15, -0.1) is 0 Å². The minimum Gasteiger partial charge on any atom is -0.368 e. The average Bonchev–Trinajstić information content (AvgIpc) is 2.58. The summed E-state index contributed by atoms with van der Waals surface area (Å²) < 4.78 is 6.16. The topological polar surface area (TPSA) is 36.3 Å². The minimum atomic E-state index is -0.227. The number of rotatable bonds is 4. The van der Waals surface area contributed by atoms with E-state index in [1.807, 2.05) is 18.2 Å². The van der Waals surface area contributed by atoms with Crippen LogP contribution in [0.3, 0.4) is 0 Å². The zero-order valence-electron chi connectivity index (χ0n) is 12.9. The Kier molecular flexibility index (Phi) is 4.17. The van der Waals surface area contributed by atoms with Crippen LogP contribution in [0.1, 0.15) is 39.7 Å². The van der Waals surface area contributed by atoms with Crippen LogP contribution in [0.5, 0.6) is 0 Å². The highest BCUT2D eigenvalue weighted by atomic mass is 16.5. The highest BCUT2D eigenvalue weighted by Gasteiger charge is 2.48. The van der Waals surface area contributed by atoms with Gasteiger partial charge in [0.15, 0.2) is 0 Å². The van der Waals surface area contributed by atoms with Gasteiger partial charge in [-0.05, 0) is 39.7 Å². The summed E-state index contributed by atoms with van der Waals surface area (Å²) in [4.78, 5) is 2.24. The number of hydrogen-bond acceptors (Lipinski definition) is 3. The number of nitrogens with zero attached hydrogens (tertiary/aromatic N) is 2. The Bertz CT molecular complexity index is 487. The van der Waals surface area contributed by atoms with Crippen LogP contribution in [0, 0.1) is 11.3 Å². The van der Waals surface area contributed by atoms with Crippen LogP contribution >= 0.6 is 0 Å². The van der Waals surface area contributed by atoms with Crippen LogP contribution in [0.2, 0.25) is 0 Å². The van der Waals surface area contributed by atoms with Gasteiger partial charge in [0.05, 0.1) is 23.8 Å². The Morgan fingerprint density at radius 3 is 2.40 bits per heavy atom. The molecule has 1 aromatic carbocycles. The molecule has 1 aromatic rings. The molecule has 3 nitrogen and oxygen atoms in total. The molecule has 3 heteroatoms. The third kappa shape index (κ3) is 3.39. The van der Waals surface area contributed by atoms with Gasteiger partial charge in [-0.1, -0.05) is 30.3 Å². The van der Waals surface area contributed by atoms with Gasteiger partial charge >= 0.3 is 0 Å². The first kappa shape index (κ1) is 15.0. The van der Waals surface area contributed by atoms with Crippen molar-refractivity contribution in [3.05, 3.63) is 35.9 Å². The molecule has 0 saturated carbocycles. The van der Waals surface area contributed by atoms with Crippen molar-refractivity contribution in [1.82, 2.24) is 4.90 Å². The fourth-order valence-corrected chi connectivity index (χ4v) is 3.29. The molecule has 1 heterocycles. The van der Waals surface area contributed by atoms with Gasteiger partial charge in [0, 0.05) is 12.6 Å². The van der Waals surface area contributed by atoms with Gasteiger partial charge in [0.1, 0.15) is 0 Å². The van der Waals surface area contributed by atoms with Crippen molar-refractivity contribution in [2.45, 2.75) is 57.9 Å². The molecule has 0 radical (unpaired) electrons. The maximum atomic E-state index is 9.14. The first-order valence-corrected chi connectivity index (χ1v) is 7.19. The first-order valence-electron chi connectivity index (χ1n) is 7.19. The largest absolute Gasteiger partial charge is 0.368 e. The summed E-state index contributed by atoms with van der Waals surface area (Å²) in [5.74, 6) is 0. The predicted octanol–water partition coefficient (Wildman–Crippen LogP) is 3.36. The normalized spacial score (nSPS) is 23.7. The molecule has 20 heavy (non-hydrogen) atoms. The molecule has 1 atom stereocenters. The summed E-state index contributed by atoms with van der Waals surface area (Å²) >= 11 is 0. The van der Waals surface area contributed by atoms with E-state index >= 15 is 0 Å². The third-order valence-corrected chi connectivity index (χ3v) is 3.97. The zero-order chi connectivity index (χ0) is 14.8. The maximum Gasteiger partial charge on any atom is 0.0872 e. The lowest BCUT2D eigenvalue weighted by atomic mass is 9.92. The van der Waals surface area contributed by atoms with Crippen molar-refractivity contribution >= 4 is 0 Å². The third-order valence-electron chi connectivity index (χ3n) is 3.97. The predicted molar refractivity (Wildman–Crippen MR) is 80.1 cm³/mol. The Morgan fingerprint density at radius 1 is 1.25 bits per heavy atom. The lowest BCUT2D eigenvalue weighted by Gasteiger charge is -2.35. The molecule has 1 fully saturated rings. The smallest absolute Gasteiger partial charge is 0.0872 e. The molecule has 2 rings (SSSR count). The van der Waals surface area contributed by atoms with Crippen molar-refractivity contribution < 1.29 is 4.74 Å². The van der Waals surface area contributed by atoms with Gasteiger partial charge in [0.2, 0.25) is 0 Å². The Balaban J connectivity index is 2.19. The van der Waals surface area contributed by atoms with Crippen LogP contribution in [-0.2, 0) is 11.3 Å². The molecule has 1 aliphatic rings. The maximum absolute atomic E-state index is 9.14. The standard InChI is InChI=1S/C17H24N2O/c1-16(2)12-15(17(3,4)20-16)19(11-10-18)13-14-8-6-5-7-9-14/h5-9,15H,11-13H2,1-4H3/t15-/m0/s1. The van der Waals surface area contributed by atoms with Gasteiger partial charge in [-0.3, -0.25) is 4.90 Å². The van der Waals surface area contributed by atoms with Crippen molar-refractivity contribution in [2.75, 3.05) is 6.54 Å². The SMILES string of the molecule is CC1(C)C[C@H](N(CC#N)Cc2ccccc2)C(C)(C)O1. The quantitative estimate of drug-likeness (QED) is 0.789. The Morgan fingerprint density at radius 2 is 1.90 bits per heavy atom. The number of hydrogen-bond donors (Lipinski definition) is 0. The molecular formula is C17H24N2O. The summed E-state index contributed by atoms with van der Waals surface area (Å²) in [6, 6.07) is 12.9. The second kappa shape index (κ2) is 5.55. The highest BCUT2D eigenvalue weighted by molar-refractivity contribution is 5.15. The monoisotopic (exact) mass is 272 g/mol. The van der Waals surface area contributed by atoms with Crippen LogP contribution in [0.25, 0.3) is 0 Å². The van der Waals surface area contributed by atoms with E-state index in [0.717, 1.165) is 13.0 Å². The Hall–Kier alpha value is -1.37. The zero-order valence-corrected chi connectivity index (χ0v) is 12.9. The molecule has 1 saturated heterocycles. The van der Waals surface area contributed by atoms with Crippen LogP contribution in [0.15, 0.2) is 30.3 Å². The van der Waals surface area contributed by atoms with Gasteiger partial charge in [0.25, 0.3) is 0 Å².